The SMILES string of the molecule is Fc1ccc(CN2CCN(c3nc4nccnc4n4cccc34)CC2)cc1. The van der Waals surface area contributed by atoms with Crippen LogP contribution >= 0.6 is 0 Å². The van der Waals surface area contributed by atoms with Gasteiger partial charge in [0.15, 0.2) is 17.1 Å². The monoisotopic (exact) mass is 362 g/mol. The summed E-state index contributed by atoms with van der Waals surface area (Å²) in [5.74, 6) is 0.764. The van der Waals surface area contributed by atoms with Gasteiger partial charge in [0.2, 0.25) is 0 Å². The molecule has 136 valence electrons. The lowest BCUT2D eigenvalue weighted by atomic mass is 10.2. The van der Waals surface area contributed by atoms with Crippen molar-refractivity contribution in [2.45, 2.75) is 6.54 Å². The molecule has 7 heteroatoms. The number of hydrogen-bond acceptors (Lipinski definition) is 5. The quantitative estimate of drug-likeness (QED) is 0.561. The molecule has 0 aliphatic carbocycles. The lowest BCUT2D eigenvalue weighted by Crippen LogP contribution is -2.46. The maximum absolute atomic E-state index is 13.1. The van der Waals surface area contributed by atoms with E-state index >= 15 is 0 Å². The van der Waals surface area contributed by atoms with Crippen molar-refractivity contribution in [2.24, 2.45) is 0 Å². The predicted molar refractivity (Wildman–Crippen MR) is 102 cm³/mol. The summed E-state index contributed by atoms with van der Waals surface area (Å²) in [5.41, 5.74) is 3.62. The topological polar surface area (TPSA) is 49.6 Å². The van der Waals surface area contributed by atoms with Crippen LogP contribution in [-0.2, 0) is 6.54 Å². The number of benzene rings is 1. The van der Waals surface area contributed by atoms with Crippen LogP contribution in [0.5, 0.6) is 0 Å². The fourth-order valence-corrected chi connectivity index (χ4v) is 3.68. The zero-order chi connectivity index (χ0) is 18.2. The summed E-state index contributed by atoms with van der Waals surface area (Å²) in [4.78, 5) is 18.3. The summed E-state index contributed by atoms with van der Waals surface area (Å²) in [6, 6.07) is 10.8. The molecule has 0 atom stereocenters. The van der Waals surface area contributed by atoms with Crippen LogP contribution < -0.4 is 4.90 Å². The Balaban J connectivity index is 1.37. The molecule has 0 bridgehead atoms. The Labute approximate surface area is 155 Å². The van der Waals surface area contributed by atoms with E-state index in [1.54, 1.807) is 12.4 Å². The van der Waals surface area contributed by atoms with Gasteiger partial charge in [0.05, 0.1) is 5.52 Å². The van der Waals surface area contributed by atoms with E-state index in [9.17, 15) is 4.39 Å². The van der Waals surface area contributed by atoms with Gasteiger partial charge in [0.25, 0.3) is 0 Å². The average molecular weight is 362 g/mol. The molecule has 0 radical (unpaired) electrons. The molecule has 1 aliphatic rings. The van der Waals surface area contributed by atoms with E-state index in [0.29, 0.717) is 5.65 Å². The Hall–Kier alpha value is -3.06. The molecule has 27 heavy (non-hydrogen) atoms. The summed E-state index contributed by atoms with van der Waals surface area (Å²) >= 11 is 0. The van der Waals surface area contributed by atoms with Gasteiger partial charge in [0.1, 0.15) is 5.82 Å². The second-order valence-electron chi connectivity index (χ2n) is 6.79. The number of aromatic nitrogens is 4. The van der Waals surface area contributed by atoms with Gasteiger partial charge in [-0.1, -0.05) is 12.1 Å². The first-order valence-electron chi connectivity index (χ1n) is 9.07. The van der Waals surface area contributed by atoms with Crippen molar-refractivity contribution in [1.82, 2.24) is 24.3 Å². The molecule has 0 amide bonds. The Morgan fingerprint density at radius 1 is 0.926 bits per heavy atom. The lowest BCUT2D eigenvalue weighted by Gasteiger charge is -2.35. The zero-order valence-corrected chi connectivity index (χ0v) is 14.8. The summed E-state index contributed by atoms with van der Waals surface area (Å²) in [6.45, 7) is 4.49. The number of anilines is 1. The van der Waals surface area contributed by atoms with Crippen LogP contribution in [0.4, 0.5) is 10.2 Å². The van der Waals surface area contributed by atoms with Crippen molar-refractivity contribution < 1.29 is 4.39 Å². The summed E-state index contributed by atoms with van der Waals surface area (Å²) in [6.07, 6.45) is 5.37. The normalized spacial score (nSPS) is 15.7. The second kappa shape index (κ2) is 6.59. The molecule has 0 N–H and O–H groups in total. The molecule has 1 fully saturated rings. The Bertz CT molecular complexity index is 1080. The van der Waals surface area contributed by atoms with Gasteiger partial charge in [-0.05, 0) is 29.8 Å². The lowest BCUT2D eigenvalue weighted by molar-refractivity contribution is 0.249. The minimum absolute atomic E-state index is 0.190. The first kappa shape index (κ1) is 16.1. The van der Waals surface area contributed by atoms with Gasteiger partial charge >= 0.3 is 0 Å². The van der Waals surface area contributed by atoms with E-state index in [1.807, 2.05) is 24.4 Å². The summed E-state index contributed by atoms with van der Waals surface area (Å²) < 4.78 is 15.1. The molecule has 1 aromatic carbocycles. The van der Waals surface area contributed by atoms with Crippen molar-refractivity contribution >= 4 is 22.6 Å². The molecular formula is C20H19FN6. The van der Waals surface area contributed by atoms with E-state index in [-0.39, 0.29) is 5.82 Å². The van der Waals surface area contributed by atoms with Crippen molar-refractivity contribution in [3.8, 4) is 0 Å². The van der Waals surface area contributed by atoms with Gasteiger partial charge < -0.3 is 4.90 Å². The molecule has 1 aliphatic heterocycles. The number of nitrogens with zero attached hydrogens (tertiary/aromatic N) is 6. The molecular weight excluding hydrogens is 343 g/mol. The predicted octanol–water partition coefficient (Wildman–Crippen LogP) is 2.74. The maximum atomic E-state index is 13.1. The third-order valence-electron chi connectivity index (χ3n) is 5.07. The largest absolute Gasteiger partial charge is 0.352 e. The Kier molecular flexibility index (Phi) is 3.94. The van der Waals surface area contributed by atoms with Crippen molar-refractivity contribution in [3.05, 3.63) is 66.4 Å². The molecule has 1 saturated heterocycles. The Morgan fingerprint density at radius 3 is 2.52 bits per heavy atom. The fraction of sp³-hybridized carbons (Fsp3) is 0.250. The standard InChI is InChI=1S/C20H19FN6/c21-16-5-3-15(4-6-16)14-25-10-12-26(13-11-25)19-17-2-1-9-27(17)20-18(24-19)22-7-8-23-20/h1-9H,10-14H2. The van der Waals surface area contributed by atoms with E-state index in [1.165, 1.54) is 12.1 Å². The van der Waals surface area contributed by atoms with Crippen LogP contribution in [0.2, 0.25) is 0 Å². The van der Waals surface area contributed by atoms with Crippen molar-refractivity contribution in [3.63, 3.8) is 0 Å². The Morgan fingerprint density at radius 2 is 1.70 bits per heavy atom. The van der Waals surface area contributed by atoms with Gasteiger partial charge in [0, 0.05) is 51.3 Å². The second-order valence-corrected chi connectivity index (χ2v) is 6.79. The number of halogens is 1. The molecule has 3 aromatic heterocycles. The molecule has 0 unspecified atom stereocenters. The van der Waals surface area contributed by atoms with Crippen molar-refractivity contribution in [2.75, 3.05) is 31.1 Å². The summed E-state index contributed by atoms with van der Waals surface area (Å²) in [5, 5.41) is 0. The molecule has 0 spiro atoms. The fourth-order valence-electron chi connectivity index (χ4n) is 3.68. The number of hydrogen-bond donors (Lipinski definition) is 0. The highest BCUT2D eigenvalue weighted by Gasteiger charge is 2.21. The first-order valence-corrected chi connectivity index (χ1v) is 9.07. The smallest absolute Gasteiger partial charge is 0.198 e. The van der Waals surface area contributed by atoms with Crippen LogP contribution in [-0.4, -0.2) is 50.4 Å². The van der Waals surface area contributed by atoms with E-state index < -0.39 is 0 Å². The molecule has 5 rings (SSSR count). The minimum Gasteiger partial charge on any atom is -0.352 e. The minimum atomic E-state index is -0.190. The van der Waals surface area contributed by atoms with Crippen molar-refractivity contribution in [1.29, 1.82) is 0 Å². The third-order valence-corrected chi connectivity index (χ3v) is 5.07. The van der Waals surface area contributed by atoms with E-state index in [0.717, 1.165) is 55.3 Å². The maximum Gasteiger partial charge on any atom is 0.198 e. The first-order chi connectivity index (χ1) is 13.3. The van der Waals surface area contributed by atoms with Gasteiger partial charge in [-0.2, -0.15) is 0 Å². The van der Waals surface area contributed by atoms with Crippen LogP contribution in [0.25, 0.3) is 16.8 Å². The van der Waals surface area contributed by atoms with Gasteiger partial charge in [-0.15, -0.1) is 0 Å². The van der Waals surface area contributed by atoms with E-state index in [2.05, 4.69) is 30.2 Å². The van der Waals surface area contributed by atoms with Gasteiger partial charge in [-0.25, -0.2) is 19.3 Å². The third kappa shape index (κ3) is 3.00. The van der Waals surface area contributed by atoms with Crippen LogP contribution in [0.1, 0.15) is 5.56 Å². The molecule has 6 nitrogen and oxygen atoms in total. The molecule has 4 aromatic rings. The zero-order valence-electron chi connectivity index (χ0n) is 14.8. The number of piperazine rings is 1. The number of rotatable bonds is 3. The van der Waals surface area contributed by atoms with Crippen LogP contribution in [0.3, 0.4) is 0 Å². The highest BCUT2D eigenvalue weighted by Crippen LogP contribution is 2.24. The van der Waals surface area contributed by atoms with Gasteiger partial charge in [-0.3, -0.25) is 9.30 Å². The number of fused-ring (bicyclic) bond motifs is 3. The highest BCUT2D eigenvalue weighted by molar-refractivity contribution is 5.80. The van der Waals surface area contributed by atoms with Crippen LogP contribution in [0, 0.1) is 5.82 Å². The van der Waals surface area contributed by atoms with E-state index in [4.69, 9.17) is 4.98 Å². The van der Waals surface area contributed by atoms with Crippen LogP contribution in [0.15, 0.2) is 55.0 Å². The summed E-state index contributed by atoms with van der Waals surface area (Å²) in [7, 11) is 0. The average Bonchev–Trinajstić information content (AvgIpc) is 3.20. The highest BCUT2D eigenvalue weighted by atomic mass is 19.1. The molecule has 4 heterocycles. The molecule has 0 saturated carbocycles.